The molecule has 0 saturated carbocycles. The van der Waals surface area contributed by atoms with Crippen molar-refractivity contribution in [3.63, 3.8) is 0 Å². The number of nitrogens with one attached hydrogen (secondary N) is 1. The molecule has 2 heterocycles. The Labute approximate surface area is 151 Å². The van der Waals surface area contributed by atoms with Crippen molar-refractivity contribution >= 4 is 6.03 Å². The molecule has 2 aliphatic heterocycles. The highest BCUT2D eigenvalue weighted by atomic mass is 16.5. The first-order chi connectivity index (χ1) is 12.3. The van der Waals surface area contributed by atoms with Crippen LogP contribution in [0, 0.1) is 0 Å². The molecule has 138 valence electrons. The molecule has 0 spiro atoms. The molecule has 2 saturated heterocycles. The monoisotopic (exact) mass is 345 g/mol. The van der Waals surface area contributed by atoms with Crippen molar-refractivity contribution in [1.82, 2.24) is 15.1 Å². The van der Waals surface area contributed by atoms with Gasteiger partial charge in [-0.3, -0.25) is 0 Å². The number of nitrogens with zero attached hydrogens (tertiary/aromatic N) is 2. The number of hydrogen-bond donors (Lipinski definition) is 1. The van der Waals surface area contributed by atoms with E-state index in [0.29, 0.717) is 12.6 Å². The minimum absolute atomic E-state index is 0.0668. The van der Waals surface area contributed by atoms with Crippen LogP contribution in [0.2, 0.25) is 0 Å². The van der Waals surface area contributed by atoms with Crippen molar-refractivity contribution in [3.8, 4) is 0 Å². The second-order valence-electron chi connectivity index (χ2n) is 7.08. The smallest absolute Gasteiger partial charge is 0.317 e. The summed E-state index contributed by atoms with van der Waals surface area (Å²) in [5, 5.41) is 3.11. The summed E-state index contributed by atoms with van der Waals surface area (Å²) < 4.78 is 5.48. The highest BCUT2D eigenvalue weighted by Crippen LogP contribution is 2.16. The summed E-state index contributed by atoms with van der Waals surface area (Å²) >= 11 is 0. The summed E-state index contributed by atoms with van der Waals surface area (Å²) in [4.78, 5) is 17.4. The molecule has 0 aromatic heterocycles. The number of ether oxygens (including phenoxy) is 1. The minimum Gasteiger partial charge on any atom is -0.381 e. The molecule has 1 aromatic rings. The van der Waals surface area contributed by atoms with Gasteiger partial charge < -0.3 is 19.9 Å². The summed E-state index contributed by atoms with van der Waals surface area (Å²) in [5.74, 6) is 0. The van der Waals surface area contributed by atoms with E-state index in [0.717, 1.165) is 51.1 Å². The third-order valence-corrected chi connectivity index (χ3v) is 5.25. The van der Waals surface area contributed by atoms with Crippen LogP contribution >= 0.6 is 0 Å². The number of likely N-dealkylation sites (tertiary alicyclic amines) is 1. The Bertz CT molecular complexity index is 511. The third kappa shape index (κ3) is 5.72. The van der Waals surface area contributed by atoms with Crippen LogP contribution in [-0.2, 0) is 11.3 Å². The van der Waals surface area contributed by atoms with Gasteiger partial charge in [-0.05, 0) is 57.3 Å². The third-order valence-electron chi connectivity index (χ3n) is 5.25. The van der Waals surface area contributed by atoms with E-state index < -0.39 is 0 Å². The average molecular weight is 345 g/mol. The maximum atomic E-state index is 12.8. The van der Waals surface area contributed by atoms with Crippen molar-refractivity contribution < 1.29 is 9.53 Å². The maximum Gasteiger partial charge on any atom is 0.317 e. The topological polar surface area (TPSA) is 44.8 Å². The molecule has 1 N–H and O–H groups in total. The quantitative estimate of drug-likeness (QED) is 0.826. The van der Waals surface area contributed by atoms with Crippen molar-refractivity contribution in [2.24, 2.45) is 0 Å². The predicted octanol–water partition coefficient (Wildman–Crippen LogP) is 2.86. The molecule has 5 heteroatoms. The van der Waals surface area contributed by atoms with Crippen LogP contribution in [0.5, 0.6) is 0 Å². The lowest BCUT2D eigenvalue weighted by molar-refractivity contribution is 0.0449. The second kappa shape index (κ2) is 9.78. The molecular formula is C20H31N3O2. The summed E-state index contributed by atoms with van der Waals surface area (Å²) in [6.07, 6.45) is 5.59. The Morgan fingerprint density at radius 1 is 1.16 bits per heavy atom. The molecule has 0 unspecified atom stereocenters. The molecule has 2 amide bonds. The molecular weight excluding hydrogens is 314 g/mol. The zero-order valence-electron chi connectivity index (χ0n) is 15.2. The molecule has 5 nitrogen and oxygen atoms in total. The SMILES string of the molecule is O=C(NCc1ccccc1)N(CCCN1CCCC1)C1CCOCC1. The van der Waals surface area contributed by atoms with Gasteiger partial charge in [-0.1, -0.05) is 30.3 Å². The largest absolute Gasteiger partial charge is 0.381 e. The zero-order valence-corrected chi connectivity index (χ0v) is 15.2. The van der Waals surface area contributed by atoms with Gasteiger partial charge in [0.05, 0.1) is 0 Å². The van der Waals surface area contributed by atoms with Gasteiger partial charge in [0.2, 0.25) is 0 Å². The number of benzene rings is 1. The van der Waals surface area contributed by atoms with Crippen LogP contribution in [0.15, 0.2) is 30.3 Å². The molecule has 0 radical (unpaired) electrons. The molecule has 2 fully saturated rings. The van der Waals surface area contributed by atoms with E-state index in [2.05, 4.69) is 15.1 Å². The normalized spacial score (nSPS) is 19.0. The van der Waals surface area contributed by atoms with Gasteiger partial charge in [0, 0.05) is 32.3 Å². The number of carbonyl (C=O) groups is 1. The van der Waals surface area contributed by atoms with E-state index >= 15 is 0 Å². The van der Waals surface area contributed by atoms with Gasteiger partial charge in [0.15, 0.2) is 0 Å². The van der Waals surface area contributed by atoms with Gasteiger partial charge in [0.25, 0.3) is 0 Å². The van der Waals surface area contributed by atoms with E-state index in [9.17, 15) is 4.79 Å². The van der Waals surface area contributed by atoms with E-state index in [4.69, 9.17) is 4.74 Å². The molecule has 0 aliphatic carbocycles. The summed E-state index contributed by atoms with van der Waals surface area (Å²) in [5.41, 5.74) is 1.14. The van der Waals surface area contributed by atoms with Crippen molar-refractivity contribution in [2.45, 2.75) is 44.7 Å². The van der Waals surface area contributed by atoms with Crippen LogP contribution < -0.4 is 5.32 Å². The predicted molar refractivity (Wildman–Crippen MR) is 99.5 cm³/mol. The van der Waals surface area contributed by atoms with Crippen molar-refractivity contribution in [3.05, 3.63) is 35.9 Å². The van der Waals surface area contributed by atoms with Crippen molar-refractivity contribution in [1.29, 1.82) is 0 Å². The van der Waals surface area contributed by atoms with E-state index in [1.807, 2.05) is 30.3 Å². The summed E-state index contributed by atoms with van der Waals surface area (Å²) in [6.45, 7) is 6.49. The number of amides is 2. The summed E-state index contributed by atoms with van der Waals surface area (Å²) in [6, 6.07) is 10.5. The highest BCUT2D eigenvalue weighted by Gasteiger charge is 2.25. The van der Waals surface area contributed by atoms with E-state index in [-0.39, 0.29) is 6.03 Å². The van der Waals surface area contributed by atoms with Gasteiger partial charge in [-0.25, -0.2) is 4.79 Å². The lowest BCUT2D eigenvalue weighted by Crippen LogP contribution is -2.48. The Balaban J connectivity index is 1.51. The van der Waals surface area contributed by atoms with E-state index in [1.54, 1.807) is 0 Å². The molecule has 0 bridgehead atoms. The zero-order chi connectivity index (χ0) is 17.3. The minimum atomic E-state index is 0.0668. The standard InChI is InChI=1S/C20H31N3O2/c24-20(21-17-18-7-2-1-3-8-18)23(19-9-15-25-16-10-19)14-6-13-22-11-4-5-12-22/h1-3,7-8,19H,4-6,9-17H2,(H,21,24). The maximum absolute atomic E-state index is 12.8. The van der Waals surface area contributed by atoms with Gasteiger partial charge in [-0.2, -0.15) is 0 Å². The number of urea groups is 1. The first-order valence-electron chi connectivity index (χ1n) is 9.71. The Morgan fingerprint density at radius 3 is 2.60 bits per heavy atom. The van der Waals surface area contributed by atoms with E-state index in [1.165, 1.54) is 25.9 Å². The highest BCUT2D eigenvalue weighted by molar-refractivity contribution is 5.74. The molecule has 0 atom stereocenters. The first kappa shape index (κ1) is 18.2. The molecule has 1 aromatic carbocycles. The second-order valence-corrected chi connectivity index (χ2v) is 7.08. The van der Waals surface area contributed by atoms with Crippen LogP contribution in [0.25, 0.3) is 0 Å². The van der Waals surface area contributed by atoms with Crippen LogP contribution in [0.1, 0.15) is 37.7 Å². The molecule has 3 rings (SSSR count). The molecule has 2 aliphatic rings. The lowest BCUT2D eigenvalue weighted by atomic mass is 10.1. The average Bonchev–Trinajstić information content (AvgIpc) is 3.18. The first-order valence-corrected chi connectivity index (χ1v) is 9.71. The number of carbonyl (C=O) groups excluding carboxylic acids is 1. The van der Waals surface area contributed by atoms with Gasteiger partial charge in [0.1, 0.15) is 0 Å². The van der Waals surface area contributed by atoms with Gasteiger partial charge in [-0.15, -0.1) is 0 Å². The van der Waals surface area contributed by atoms with Crippen molar-refractivity contribution in [2.75, 3.05) is 39.4 Å². The van der Waals surface area contributed by atoms with Crippen LogP contribution in [0.3, 0.4) is 0 Å². The fraction of sp³-hybridized carbons (Fsp3) is 0.650. The number of hydrogen-bond acceptors (Lipinski definition) is 3. The fourth-order valence-corrected chi connectivity index (χ4v) is 3.79. The Hall–Kier alpha value is -1.59. The van der Waals surface area contributed by atoms with Crippen LogP contribution in [-0.4, -0.2) is 61.3 Å². The molecule has 25 heavy (non-hydrogen) atoms. The summed E-state index contributed by atoms with van der Waals surface area (Å²) in [7, 11) is 0. The van der Waals surface area contributed by atoms with Gasteiger partial charge >= 0.3 is 6.03 Å². The Morgan fingerprint density at radius 2 is 1.88 bits per heavy atom. The fourth-order valence-electron chi connectivity index (χ4n) is 3.79. The van der Waals surface area contributed by atoms with Crippen LogP contribution in [0.4, 0.5) is 4.79 Å². The Kier molecular flexibility index (Phi) is 7.12. The number of rotatable bonds is 7. The lowest BCUT2D eigenvalue weighted by Gasteiger charge is -2.34.